The number of urea groups is 1. The van der Waals surface area contributed by atoms with Crippen LogP contribution in [0.15, 0.2) is 53.7 Å². The van der Waals surface area contributed by atoms with E-state index in [1.807, 2.05) is 0 Å². The fourth-order valence-corrected chi connectivity index (χ4v) is 3.06. The van der Waals surface area contributed by atoms with Gasteiger partial charge in [-0.2, -0.15) is 0 Å². The van der Waals surface area contributed by atoms with Gasteiger partial charge in [-0.15, -0.1) is 0 Å². The molecule has 1 atom stereocenters. The first-order chi connectivity index (χ1) is 12.9. The number of allylic oxidation sites excluding steroid dienone is 1. The number of amides is 3. The number of benzene rings is 2. The number of halogens is 2. The van der Waals surface area contributed by atoms with E-state index in [-0.39, 0.29) is 11.1 Å². The lowest BCUT2D eigenvalue weighted by molar-refractivity contribution is -0.113. The van der Waals surface area contributed by atoms with Crippen molar-refractivity contribution < 1.29 is 18.7 Å². The zero-order valence-electron chi connectivity index (χ0n) is 14.6. The summed E-state index contributed by atoms with van der Waals surface area (Å²) in [6, 6.07) is 9.30. The molecule has 0 spiro atoms. The fraction of sp³-hybridized carbons (Fsp3) is 0.158. The normalized spacial score (nSPS) is 16.4. The second-order valence-electron chi connectivity index (χ2n) is 5.89. The third kappa shape index (κ3) is 3.88. The Morgan fingerprint density at radius 3 is 2.70 bits per heavy atom. The SMILES string of the molecule is COc1cc(Cl)ccc1NC(=O)C1=C(C)NC(=O)N[C@@H]1c1ccccc1F. The largest absolute Gasteiger partial charge is 0.495 e. The second kappa shape index (κ2) is 7.67. The van der Waals surface area contributed by atoms with Crippen molar-refractivity contribution in [2.45, 2.75) is 13.0 Å². The highest BCUT2D eigenvalue weighted by molar-refractivity contribution is 6.30. The summed E-state index contributed by atoms with van der Waals surface area (Å²) in [6.07, 6.45) is 0. The van der Waals surface area contributed by atoms with Gasteiger partial charge in [0.2, 0.25) is 0 Å². The molecule has 0 aliphatic carbocycles. The van der Waals surface area contributed by atoms with Gasteiger partial charge in [-0.3, -0.25) is 4.79 Å². The molecule has 3 amide bonds. The van der Waals surface area contributed by atoms with Gasteiger partial charge in [0, 0.05) is 22.3 Å². The maximum atomic E-state index is 14.3. The zero-order chi connectivity index (χ0) is 19.6. The highest BCUT2D eigenvalue weighted by Crippen LogP contribution is 2.32. The van der Waals surface area contributed by atoms with Crippen molar-refractivity contribution >= 4 is 29.2 Å². The minimum absolute atomic E-state index is 0.191. The molecule has 1 heterocycles. The van der Waals surface area contributed by atoms with Crippen LogP contribution in [0.2, 0.25) is 5.02 Å². The Bertz CT molecular complexity index is 946. The van der Waals surface area contributed by atoms with Crippen molar-refractivity contribution in [3.8, 4) is 5.75 Å². The number of hydrogen-bond donors (Lipinski definition) is 3. The Labute approximate surface area is 160 Å². The van der Waals surface area contributed by atoms with Crippen LogP contribution in [0.3, 0.4) is 0 Å². The molecule has 0 saturated carbocycles. The van der Waals surface area contributed by atoms with Gasteiger partial charge in [-0.25, -0.2) is 9.18 Å². The third-order valence-corrected chi connectivity index (χ3v) is 4.38. The van der Waals surface area contributed by atoms with Gasteiger partial charge in [0.15, 0.2) is 0 Å². The van der Waals surface area contributed by atoms with E-state index in [1.54, 1.807) is 31.2 Å². The van der Waals surface area contributed by atoms with Crippen LogP contribution in [0.25, 0.3) is 0 Å². The van der Waals surface area contributed by atoms with E-state index in [4.69, 9.17) is 16.3 Å². The molecule has 27 heavy (non-hydrogen) atoms. The van der Waals surface area contributed by atoms with Crippen molar-refractivity contribution in [3.05, 3.63) is 70.1 Å². The minimum Gasteiger partial charge on any atom is -0.495 e. The van der Waals surface area contributed by atoms with Crippen molar-refractivity contribution in [2.75, 3.05) is 12.4 Å². The molecule has 3 rings (SSSR count). The van der Waals surface area contributed by atoms with Gasteiger partial charge in [0.05, 0.1) is 24.4 Å². The molecule has 0 fully saturated rings. The molecule has 0 unspecified atom stereocenters. The molecular formula is C19H17ClFN3O3. The highest BCUT2D eigenvalue weighted by Gasteiger charge is 2.33. The number of nitrogens with one attached hydrogen (secondary N) is 3. The first-order valence-corrected chi connectivity index (χ1v) is 8.46. The van der Waals surface area contributed by atoms with Crippen molar-refractivity contribution in [2.24, 2.45) is 0 Å². The van der Waals surface area contributed by atoms with E-state index in [9.17, 15) is 14.0 Å². The van der Waals surface area contributed by atoms with Gasteiger partial charge < -0.3 is 20.7 Å². The standard InChI is InChI=1S/C19H17ClFN3O3/c1-10-16(18(25)23-14-8-7-11(20)9-15(14)27-2)17(24-19(26)22-10)12-5-3-4-6-13(12)21/h3-9,17H,1-2H3,(H,23,25)(H2,22,24,26)/t17-/m1/s1. The summed E-state index contributed by atoms with van der Waals surface area (Å²) in [7, 11) is 1.45. The number of rotatable bonds is 4. The molecule has 8 heteroatoms. The first kappa shape index (κ1) is 18.7. The van der Waals surface area contributed by atoms with Gasteiger partial charge in [-0.1, -0.05) is 29.8 Å². The Morgan fingerprint density at radius 2 is 2.00 bits per heavy atom. The van der Waals surface area contributed by atoms with Crippen molar-refractivity contribution in [3.63, 3.8) is 0 Å². The average molecular weight is 390 g/mol. The van der Waals surface area contributed by atoms with Gasteiger partial charge in [-0.05, 0) is 25.1 Å². The second-order valence-corrected chi connectivity index (χ2v) is 6.33. The van der Waals surface area contributed by atoms with Gasteiger partial charge >= 0.3 is 6.03 Å². The molecule has 3 N–H and O–H groups in total. The first-order valence-electron chi connectivity index (χ1n) is 8.08. The Kier molecular flexibility index (Phi) is 5.32. The molecule has 0 bridgehead atoms. The molecule has 6 nitrogen and oxygen atoms in total. The molecular weight excluding hydrogens is 373 g/mol. The quantitative estimate of drug-likeness (QED) is 0.745. The van der Waals surface area contributed by atoms with E-state index in [1.165, 1.54) is 25.3 Å². The number of ether oxygens (including phenoxy) is 1. The summed E-state index contributed by atoms with van der Waals surface area (Å²) in [5.41, 5.74) is 1.12. The molecule has 2 aromatic rings. The highest BCUT2D eigenvalue weighted by atomic mass is 35.5. The minimum atomic E-state index is -0.932. The van der Waals surface area contributed by atoms with Crippen LogP contribution >= 0.6 is 11.6 Å². The number of carbonyl (C=O) groups is 2. The molecule has 0 saturated heterocycles. The number of methoxy groups -OCH3 is 1. The predicted octanol–water partition coefficient (Wildman–Crippen LogP) is 3.75. The number of carbonyl (C=O) groups excluding carboxylic acids is 2. The maximum Gasteiger partial charge on any atom is 0.319 e. The smallest absolute Gasteiger partial charge is 0.319 e. The fourth-order valence-electron chi connectivity index (χ4n) is 2.90. The van der Waals surface area contributed by atoms with Crippen LogP contribution in [0, 0.1) is 5.82 Å². The number of anilines is 1. The predicted molar refractivity (Wildman–Crippen MR) is 100 cm³/mol. The van der Waals surface area contributed by atoms with Crippen LogP contribution in [-0.4, -0.2) is 19.0 Å². The summed E-state index contributed by atoms with van der Waals surface area (Å²) in [5.74, 6) is -0.648. The summed E-state index contributed by atoms with van der Waals surface area (Å²) >= 11 is 5.94. The third-order valence-electron chi connectivity index (χ3n) is 4.14. The van der Waals surface area contributed by atoms with Gasteiger partial charge in [0.1, 0.15) is 11.6 Å². The van der Waals surface area contributed by atoms with E-state index >= 15 is 0 Å². The summed E-state index contributed by atoms with van der Waals surface area (Å²) in [5, 5.41) is 8.33. The summed E-state index contributed by atoms with van der Waals surface area (Å²) in [6.45, 7) is 1.58. The van der Waals surface area contributed by atoms with E-state index in [0.29, 0.717) is 22.2 Å². The molecule has 1 aliphatic rings. The average Bonchev–Trinajstić information content (AvgIpc) is 2.62. The Morgan fingerprint density at radius 1 is 1.26 bits per heavy atom. The molecule has 1 aliphatic heterocycles. The van der Waals surface area contributed by atoms with E-state index < -0.39 is 23.8 Å². The maximum absolute atomic E-state index is 14.3. The Hall–Kier alpha value is -3.06. The Balaban J connectivity index is 1.99. The van der Waals surface area contributed by atoms with Crippen molar-refractivity contribution in [1.29, 1.82) is 0 Å². The molecule has 0 aromatic heterocycles. The van der Waals surface area contributed by atoms with Crippen LogP contribution in [0.1, 0.15) is 18.5 Å². The van der Waals surface area contributed by atoms with Crippen molar-refractivity contribution in [1.82, 2.24) is 10.6 Å². The lowest BCUT2D eigenvalue weighted by atomic mass is 9.94. The van der Waals surface area contributed by atoms with Crippen LogP contribution in [-0.2, 0) is 4.79 Å². The zero-order valence-corrected chi connectivity index (χ0v) is 15.4. The molecule has 0 radical (unpaired) electrons. The lowest BCUT2D eigenvalue weighted by Gasteiger charge is -2.29. The van der Waals surface area contributed by atoms with Crippen LogP contribution < -0.4 is 20.7 Å². The van der Waals surface area contributed by atoms with Crippen LogP contribution in [0.4, 0.5) is 14.9 Å². The topological polar surface area (TPSA) is 79.5 Å². The lowest BCUT2D eigenvalue weighted by Crippen LogP contribution is -2.46. The summed E-state index contributed by atoms with van der Waals surface area (Å²) in [4.78, 5) is 24.8. The molecule has 140 valence electrons. The van der Waals surface area contributed by atoms with E-state index in [2.05, 4.69) is 16.0 Å². The van der Waals surface area contributed by atoms with Crippen LogP contribution in [0.5, 0.6) is 5.75 Å². The van der Waals surface area contributed by atoms with E-state index in [0.717, 1.165) is 0 Å². The number of hydrogen-bond acceptors (Lipinski definition) is 3. The molecule has 2 aromatic carbocycles. The summed E-state index contributed by atoms with van der Waals surface area (Å²) < 4.78 is 19.5. The monoisotopic (exact) mass is 389 g/mol. The van der Waals surface area contributed by atoms with Gasteiger partial charge in [0.25, 0.3) is 5.91 Å².